The van der Waals surface area contributed by atoms with Crippen molar-refractivity contribution in [3.63, 3.8) is 0 Å². The van der Waals surface area contributed by atoms with Crippen molar-refractivity contribution < 1.29 is 8.91 Å². The number of benzene rings is 2. The highest BCUT2D eigenvalue weighted by atomic mass is 19.1. The molecule has 3 rings (SSSR count). The lowest BCUT2D eigenvalue weighted by Gasteiger charge is -1.97. The van der Waals surface area contributed by atoms with Crippen LogP contribution in [0, 0.1) is 12.7 Å². The Labute approximate surface area is 97.7 Å². The molecule has 3 heteroatoms. The number of rotatable bonds is 1. The van der Waals surface area contributed by atoms with Gasteiger partial charge < -0.3 is 4.52 Å². The summed E-state index contributed by atoms with van der Waals surface area (Å²) in [5.74, 6) is -0.316. The maximum atomic E-state index is 13.0. The van der Waals surface area contributed by atoms with Gasteiger partial charge in [-0.25, -0.2) is 4.39 Å². The largest absolute Gasteiger partial charge is 0.356 e. The molecule has 84 valence electrons. The fourth-order valence-electron chi connectivity index (χ4n) is 1.83. The molecule has 0 unspecified atom stereocenters. The Morgan fingerprint density at radius 1 is 1.06 bits per heavy atom. The van der Waals surface area contributed by atoms with Crippen LogP contribution in [-0.2, 0) is 0 Å². The highest BCUT2D eigenvalue weighted by Gasteiger charge is 2.10. The highest BCUT2D eigenvalue weighted by molar-refractivity contribution is 5.91. The molecule has 0 saturated carbocycles. The van der Waals surface area contributed by atoms with Gasteiger partial charge in [0.05, 0.1) is 0 Å². The summed E-state index contributed by atoms with van der Waals surface area (Å²) in [6.45, 7) is 2.03. The van der Waals surface area contributed by atoms with Crippen molar-refractivity contribution in [3.05, 3.63) is 53.8 Å². The molecule has 0 bridgehead atoms. The fraction of sp³-hybridized carbons (Fsp3) is 0.0714. The quantitative estimate of drug-likeness (QED) is 0.629. The summed E-state index contributed by atoms with van der Waals surface area (Å²) in [7, 11) is 0. The zero-order valence-corrected chi connectivity index (χ0v) is 9.27. The Morgan fingerprint density at radius 3 is 2.59 bits per heavy atom. The van der Waals surface area contributed by atoms with Crippen LogP contribution in [0.3, 0.4) is 0 Å². The van der Waals surface area contributed by atoms with Gasteiger partial charge in [-0.2, -0.15) is 0 Å². The number of aromatic nitrogens is 1. The number of fused-ring (bicyclic) bond motifs is 1. The van der Waals surface area contributed by atoms with Gasteiger partial charge in [-0.3, -0.25) is 0 Å². The molecule has 0 N–H and O–H groups in total. The third-order valence-corrected chi connectivity index (χ3v) is 2.76. The van der Waals surface area contributed by atoms with Crippen molar-refractivity contribution in [1.82, 2.24) is 5.16 Å². The maximum Gasteiger partial charge on any atom is 0.170 e. The van der Waals surface area contributed by atoms with E-state index in [2.05, 4.69) is 5.16 Å². The summed E-state index contributed by atoms with van der Waals surface area (Å²) in [5, 5.41) is 4.82. The number of hydrogen-bond acceptors (Lipinski definition) is 2. The topological polar surface area (TPSA) is 26.0 Å². The van der Waals surface area contributed by atoms with E-state index < -0.39 is 0 Å². The van der Waals surface area contributed by atoms with E-state index >= 15 is 0 Å². The van der Waals surface area contributed by atoms with Gasteiger partial charge in [-0.05, 0) is 19.1 Å². The normalized spacial score (nSPS) is 10.9. The number of hydrogen-bond donors (Lipinski definition) is 0. The molecule has 1 aromatic heterocycles. The molecule has 0 spiro atoms. The summed E-state index contributed by atoms with van der Waals surface area (Å²) in [4.78, 5) is 0. The SMILES string of the molecule is Cc1ccc(-c2noc3cc(F)ccc23)cc1. The van der Waals surface area contributed by atoms with E-state index in [1.807, 2.05) is 31.2 Å². The fourth-order valence-corrected chi connectivity index (χ4v) is 1.83. The molecule has 2 aromatic carbocycles. The first-order valence-corrected chi connectivity index (χ1v) is 5.36. The first-order valence-electron chi connectivity index (χ1n) is 5.36. The third kappa shape index (κ3) is 1.69. The first kappa shape index (κ1) is 10.0. The van der Waals surface area contributed by atoms with Crippen LogP contribution in [0.2, 0.25) is 0 Å². The van der Waals surface area contributed by atoms with Crippen molar-refractivity contribution in [2.45, 2.75) is 6.92 Å². The molecular weight excluding hydrogens is 217 g/mol. The summed E-state index contributed by atoms with van der Waals surface area (Å²) >= 11 is 0. The molecule has 1 heterocycles. The van der Waals surface area contributed by atoms with Crippen molar-refractivity contribution in [2.75, 3.05) is 0 Å². The van der Waals surface area contributed by atoms with E-state index in [1.54, 1.807) is 6.07 Å². The maximum absolute atomic E-state index is 13.0. The van der Waals surface area contributed by atoms with Crippen LogP contribution in [0.1, 0.15) is 5.56 Å². The summed E-state index contributed by atoms with van der Waals surface area (Å²) < 4.78 is 18.1. The summed E-state index contributed by atoms with van der Waals surface area (Å²) in [5.41, 5.74) is 3.38. The minimum Gasteiger partial charge on any atom is -0.356 e. The molecule has 0 saturated heterocycles. The molecule has 2 nitrogen and oxygen atoms in total. The average molecular weight is 227 g/mol. The van der Waals surface area contributed by atoms with Crippen LogP contribution in [0.4, 0.5) is 4.39 Å². The molecule has 0 aliphatic carbocycles. The molecule has 0 atom stereocenters. The first-order chi connectivity index (χ1) is 8.24. The zero-order chi connectivity index (χ0) is 11.8. The Balaban J connectivity index is 2.21. The van der Waals surface area contributed by atoms with E-state index in [9.17, 15) is 4.39 Å². The number of halogens is 1. The van der Waals surface area contributed by atoms with Gasteiger partial charge in [0.25, 0.3) is 0 Å². The van der Waals surface area contributed by atoms with E-state index in [0.29, 0.717) is 5.58 Å². The molecule has 3 aromatic rings. The molecule has 0 fully saturated rings. The van der Waals surface area contributed by atoms with Crippen LogP contribution in [0.25, 0.3) is 22.2 Å². The number of nitrogens with zero attached hydrogens (tertiary/aromatic N) is 1. The molecule has 17 heavy (non-hydrogen) atoms. The van der Waals surface area contributed by atoms with Crippen LogP contribution in [0.15, 0.2) is 47.0 Å². The lowest BCUT2D eigenvalue weighted by Crippen LogP contribution is -1.79. The lowest BCUT2D eigenvalue weighted by molar-refractivity contribution is 0.457. The smallest absolute Gasteiger partial charge is 0.170 e. The van der Waals surface area contributed by atoms with Gasteiger partial charge in [0, 0.05) is 17.0 Å². The monoisotopic (exact) mass is 227 g/mol. The molecule has 0 aliphatic rings. The summed E-state index contributed by atoms with van der Waals surface area (Å²) in [6.07, 6.45) is 0. The standard InChI is InChI=1S/C14H10FNO/c1-9-2-4-10(5-3-9)14-12-7-6-11(15)8-13(12)17-16-14/h2-8H,1H3. The van der Waals surface area contributed by atoms with Crippen LogP contribution in [0.5, 0.6) is 0 Å². The van der Waals surface area contributed by atoms with Gasteiger partial charge in [0.1, 0.15) is 11.5 Å². The predicted molar refractivity (Wildman–Crippen MR) is 64.1 cm³/mol. The van der Waals surface area contributed by atoms with Gasteiger partial charge >= 0.3 is 0 Å². The van der Waals surface area contributed by atoms with E-state index in [4.69, 9.17) is 4.52 Å². The Kier molecular flexibility index (Phi) is 2.18. The van der Waals surface area contributed by atoms with Gasteiger partial charge in [-0.1, -0.05) is 35.0 Å². The van der Waals surface area contributed by atoms with Crippen LogP contribution < -0.4 is 0 Å². The van der Waals surface area contributed by atoms with E-state index in [-0.39, 0.29) is 5.82 Å². The minimum atomic E-state index is -0.316. The average Bonchev–Trinajstić information content (AvgIpc) is 2.73. The van der Waals surface area contributed by atoms with Gasteiger partial charge in [0.15, 0.2) is 5.58 Å². The summed E-state index contributed by atoms with van der Waals surface area (Å²) in [6, 6.07) is 12.4. The van der Waals surface area contributed by atoms with Crippen molar-refractivity contribution >= 4 is 11.0 Å². The Bertz CT molecular complexity index is 670. The van der Waals surface area contributed by atoms with E-state index in [1.165, 1.54) is 17.7 Å². The Hall–Kier alpha value is -2.16. The second-order valence-electron chi connectivity index (χ2n) is 4.04. The second-order valence-corrected chi connectivity index (χ2v) is 4.04. The van der Waals surface area contributed by atoms with Gasteiger partial charge in [0.2, 0.25) is 0 Å². The molecule has 0 amide bonds. The van der Waals surface area contributed by atoms with Gasteiger partial charge in [-0.15, -0.1) is 0 Å². The van der Waals surface area contributed by atoms with Crippen molar-refractivity contribution in [2.24, 2.45) is 0 Å². The Morgan fingerprint density at radius 2 is 1.82 bits per heavy atom. The lowest BCUT2D eigenvalue weighted by atomic mass is 10.1. The predicted octanol–water partition coefficient (Wildman–Crippen LogP) is 3.94. The molecular formula is C14H10FNO. The van der Waals surface area contributed by atoms with Crippen LogP contribution >= 0.6 is 0 Å². The second kappa shape index (κ2) is 3.70. The minimum absolute atomic E-state index is 0.316. The number of aryl methyl sites for hydroxylation is 1. The van der Waals surface area contributed by atoms with E-state index in [0.717, 1.165) is 16.6 Å². The van der Waals surface area contributed by atoms with Crippen LogP contribution in [-0.4, -0.2) is 5.16 Å². The highest BCUT2D eigenvalue weighted by Crippen LogP contribution is 2.28. The molecule has 0 aliphatic heterocycles. The van der Waals surface area contributed by atoms with Crippen molar-refractivity contribution in [3.8, 4) is 11.3 Å². The zero-order valence-electron chi connectivity index (χ0n) is 9.27. The molecule has 0 radical (unpaired) electrons. The third-order valence-electron chi connectivity index (χ3n) is 2.76. The van der Waals surface area contributed by atoms with Crippen molar-refractivity contribution in [1.29, 1.82) is 0 Å².